The zero-order valence-corrected chi connectivity index (χ0v) is 19.0. The van der Waals surface area contributed by atoms with Crippen LogP contribution in [0.2, 0.25) is 0 Å². The van der Waals surface area contributed by atoms with Crippen molar-refractivity contribution in [3.05, 3.63) is 59.7 Å². The normalized spacial score (nSPS) is 13.9. The molecule has 0 spiro atoms. The maximum Gasteiger partial charge on any atom is 0.234 e. The molecule has 0 aliphatic carbocycles. The Labute approximate surface area is 188 Å². The van der Waals surface area contributed by atoms with Crippen LogP contribution in [0.3, 0.4) is 0 Å². The largest absolute Gasteiger partial charge is 0.341 e. The van der Waals surface area contributed by atoms with Crippen molar-refractivity contribution in [3.8, 4) is 5.69 Å². The number of amides is 1. The van der Waals surface area contributed by atoms with E-state index in [-0.39, 0.29) is 11.7 Å². The van der Waals surface area contributed by atoms with Gasteiger partial charge in [0.2, 0.25) is 11.9 Å². The van der Waals surface area contributed by atoms with Gasteiger partial charge in [-0.2, -0.15) is 0 Å². The number of aromatic nitrogens is 3. The third-order valence-corrected chi connectivity index (χ3v) is 6.48. The first kappa shape index (κ1) is 21.4. The van der Waals surface area contributed by atoms with Crippen molar-refractivity contribution in [2.45, 2.75) is 44.7 Å². The Balaban J connectivity index is 1.54. The van der Waals surface area contributed by atoms with E-state index in [0.717, 1.165) is 47.6 Å². The molecule has 4 rings (SSSR count). The zero-order valence-electron chi connectivity index (χ0n) is 18.2. The number of para-hydroxylation sites is 1. The number of hydrogen-bond donors (Lipinski definition) is 1. The summed E-state index contributed by atoms with van der Waals surface area (Å²) in [6.07, 6.45) is 4.48. The summed E-state index contributed by atoms with van der Waals surface area (Å²) in [5, 5.41) is 12.8. The Bertz CT molecular complexity index is 1020. The highest BCUT2D eigenvalue weighted by Crippen LogP contribution is 2.28. The van der Waals surface area contributed by atoms with Crippen molar-refractivity contribution >= 4 is 29.3 Å². The fourth-order valence-corrected chi connectivity index (χ4v) is 4.59. The molecule has 0 unspecified atom stereocenters. The molecule has 1 saturated heterocycles. The number of nitrogens with zero attached hydrogens (tertiary/aromatic N) is 4. The molecule has 162 valence electrons. The molecule has 0 atom stereocenters. The second-order valence-corrected chi connectivity index (χ2v) is 8.79. The van der Waals surface area contributed by atoms with Crippen LogP contribution >= 0.6 is 11.8 Å². The van der Waals surface area contributed by atoms with Gasteiger partial charge in [-0.05, 0) is 56.4 Å². The van der Waals surface area contributed by atoms with Crippen LogP contribution in [0, 0.1) is 6.92 Å². The molecule has 0 radical (unpaired) electrons. The topological polar surface area (TPSA) is 63.1 Å². The van der Waals surface area contributed by atoms with Crippen molar-refractivity contribution in [1.82, 2.24) is 14.8 Å². The molecule has 0 saturated carbocycles. The van der Waals surface area contributed by atoms with Gasteiger partial charge in [0.1, 0.15) is 0 Å². The lowest BCUT2D eigenvalue weighted by atomic mass is 10.1. The number of thioether (sulfide) groups is 1. The van der Waals surface area contributed by atoms with Crippen molar-refractivity contribution in [3.63, 3.8) is 0 Å². The molecule has 3 aromatic rings. The summed E-state index contributed by atoms with van der Waals surface area (Å²) in [5.41, 5.74) is 4.25. The molecule has 31 heavy (non-hydrogen) atoms. The second-order valence-electron chi connectivity index (χ2n) is 7.85. The smallest absolute Gasteiger partial charge is 0.234 e. The van der Waals surface area contributed by atoms with Crippen LogP contribution in [0.4, 0.5) is 11.6 Å². The molecule has 0 bridgehead atoms. The van der Waals surface area contributed by atoms with Gasteiger partial charge in [0.15, 0.2) is 5.16 Å². The van der Waals surface area contributed by atoms with Crippen molar-refractivity contribution < 1.29 is 4.79 Å². The summed E-state index contributed by atoms with van der Waals surface area (Å²) in [5.74, 6) is 1.11. The lowest BCUT2D eigenvalue weighted by molar-refractivity contribution is -0.113. The molecule has 1 aliphatic heterocycles. The SMILES string of the molecule is CCc1ccccc1NC(=O)CSc1nnc(N2CCCCC2)n1-c1ccc(C)cc1. The number of aryl methyl sites for hydroxylation is 2. The number of carbonyl (C=O) groups is 1. The van der Waals surface area contributed by atoms with E-state index in [1.54, 1.807) is 0 Å². The van der Waals surface area contributed by atoms with Gasteiger partial charge in [0.05, 0.1) is 11.4 Å². The van der Waals surface area contributed by atoms with Gasteiger partial charge in [-0.25, -0.2) is 0 Å². The molecular weight excluding hydrogens is 406 g/mol. The predicted octanol–water partition coefficient (Wildman–Crippen LogP) is 4.86. The highest BCUT2D eigenvalue weighted by Gasteiger charge is 2.22. The van der Waals surface area contributed by atoms with Gasteiger partial charge in [0.25, 0.3) is 0 Å². The first-order valence-electron chi connectivity index (χ1n) is 10.9. The average Bonchev–Trinajstić information content (AvgIpc) is 3.23. The van der Waals surface area contributed by atoms with Crippen molar-refractivity contribution in [2.75, 3.05) is 29.1 Å². The van der Waals surface area contributed by atoms with Gasteiger partial charge in [-0.3, -0.25) is 9.36 Å². The number of anilines is 2. The lowest BCUT2D eigenvalue weighted by Crippen LogP contribution is -2.31. The molecule has 1 amide bonds. The fourth-order valence-electron chi connectivity index (χ4n) is 3.84. The van der Waals surface area contributed by atoms with Crippen molar-refractivity contribution in [1.29, 1.82) is 0 Å². The molecule has 1 aliphatic rings. The van der Waals surface area contributed by atoms with Crippen LogP contribution in [0.1, 0.15) is 37.3 Å². The Morgan fingerprint density at radius 1 is 1.03 bits per heavy atom. The summed E-state index contributed by atoms with van der Waals surface area (Å²) in [7, 11) is 0. The monoisotopic (exact) mass is 435 g/mol. The number of rotatable bonds is 7. The number of hydrogen-bond acceptors (Lipinski definition) is 5. The second kappa shape index (κ2) is 10.0. The minimum Gasteiger partial charge on any atom is -0.341 e. The quantitative estimate of drug-likeness (QED) is 0.537. The molecule has 1 aromatic heterocycles. The maximum absolute atomic E-state index is 12.7. The van der Waals surface area contributed by atoms with Gasteiger partial charge < -0.3 is 10.2 Å². The van der Waals surface area contributed by atoms with E-state index in [2.05, 4.69) is 63.1 Å². The van der Waals surface area contributed by atoms with Gasteiger partial charge in [-0.1, -0.05) is 54.6 Å². The summed E-state index contributed by atoms with van der Waals surface area (Å²) < 4.78 is 2.09. The van der Waals surface area contributed by atoms with Crippen molar-refractivity contribution in [2.24, 2.45) is 0 Å². The minimum absolute atomic E-state index is 0.0381. The molecule has 7 heteroatoms. The average molecular weight is 436 g/mol. The maximum atomic E-state index is 12.7. The third-order valence-electron chi connectivity index (χ3n) is 5.55. The van der Waals surface area contributed by atoms with Crippen LogP contribution in [-0.2, 0) is 11.2 Å². The van der Waals surface area contributed by atoms with Crippen LogP contribution in [0.15, 0.2) is 53.7 Å². The summed E-state index contributed by atoms with van der Waals surface area (Å²) >= 11 is 1.42. The number of piperidine rings is 1. The standard InChI is InChI=1S/C24H29N5OS/c1-3-19-9-5-6-10-21(19)25-22(30)17-31-24-27-26-23(28-15-7-4-8-16-28)29(24)20-13-11-18(2)12-14-20/h5-6,9-14H,3-4,7-8,15-17H2,1-2H3,(H,25,30). The lowest BCUT2D eigenvalue weighted by Gasteiger charge is -2.27. The summed E-state index contributed by atoms with van der Waals surface area (Å²) in [6.45, 7) is 6.15. The zero-order chi connectivity index (χ0) is 21.6. The van der Waals surface area contributed by atoms with Crippen LogP contribution in [-0.4, -0.2) is 39.5 Å². The molecule has 1 fully saturated rings. The molecule has 1 N–H and O–H groups in total. The highest BCUT2D eigenvalue weighted by molar-refractivity contribution is 7.99. The van der Waals surface area contributed by atoms with E-state index in [4.69, 9.17) is 0 Å². The first-order valence-corrected chi connectivity index (χ1v) is 11.9. The van der Waals surface area contributed by atoms with Gasteiger partial charge in [0, 0.05) is 18.8 Å². The predicted molar refractivity (Wildman–Crippen MR) is 127 cm³/mol. The Kier molecular flexibility index (Phi) is 6.92. The van der Waals surface area contributed by atoms with E-state index in [1.807, 2.05) is 24.3 Å². The molecule has 2 aromatic carbocycles. The number of carbonyl (C=O) groups excluding carboxylic acids is 1. The highest BCUT2D eigenvalue weighted by atomic mass is 32.2. The van der Waals surface area contributed by atoms with E-state index in [1.165, 1.54) is 36.6 Å². The molecular formula is C24H29N5OS. The van der Waals surface area contributed by atoms with Gasteiger partial charge in [-0.15, -0.1) is 10.2 Å². The van der Waals surface area contributed by atoms with E-state index >= 15 is 0 Å². The van der Waals surface area contributed by atoms with E-state index in [0.29, 0.717) is 0 Å². The fraction of sp³-hybridized carbons (Fsp3) is 0.375. The molecule has 2 heterocycles. The Morgan fingerprint density at radius 2 is 1.77 bits per heavy atom. The minimum atomic E-state index is -0.0381. The number of benzene rings is 2. The van der Waals surface area contributed by atoms with E-state index < -0.39 is 0 Å². The molecule has 6 nitrogen and oxygen atoms in total. The van der Waals surface area contributed by atoms with Crippen LogP contribution < -0.4 is 10.2 Å². The summed E-state index contributed by atoms with van der Waals surface area (Å²) in [6, 6.07) is 16.3. The Hall–Kier alpha value is -2.80. The van der Waals surface area contributed by atoms with Crippen LogP contribution in [0.25, 0.3) is 5.69 Å². The summed E-state index contributed by atoms with van der Waals surface area (Å²) in [4.78, 5) is 15.0. The van der Waals surface area contributed by atoms with Crippen LogP contribution in [0.5, 0.6) is 0 Å². The third kappa shape index (κ3) is 5.10. The van der Waals surface area contributed by atoms with E-state index in [9.17, 15) is 4.79 Å². The van der Waals surface area contributed by atoms with Gasteiger partial charge >= 0.3 is 0 Å². The first-order chi connectivity index (χ1) is 15.2. The number of nitrogens with one attached hydrogen (secondary N) is 1. The Morgan fingerprint density at radius 3 is 2.52 bits per heavy atom.